The van der Waals surface area contributed by atoms with Gasteiger partial charge >= 0.3 is 10.2 Å². The Labute approximate surface area is 74.0 Å². The van der Waals surface area contributed by atoms with E-state index in [1.54, 1.807) is 0 Å². The average molecular weight is 216 g/mol. The first-order valence-electron chi connectivity index (χ1n) is 0.565. The predicted octanol–water partition coefficient (Wildman–Crippen LogP) is 3.62. The van der Waals surface area contributed by atoms with E-state index in [2.05, 4.69) is 0 Å². The minimum atomic E-state index is 0. The summed E-state index contributed by atoms with van der Waals surface area (Å²) in [5.74, 6) is 0. The summed E-state index contributed by atoms with van der Waals surface area (Å²) >= 11 is 0. The van der Waals surface area contributed by atoms with Crippen molar-refractivity contribution in [3.05, 3.63) is 35.7 Å². The fraction of sp³-hybridized carbons (Fsp3) is 0. The largest absolute Gasteiger partial charge is 0.693 e. The van der Waals surface area contributed by atoms with Crippen LogP contribution in [0.5, 0.6) is 0 Å². The molecule has 0 unspecified atom stereocenters. The van der Waals surface area contributed by atoms with Crippen LogP contribution < -0.4 is 0 Å². The quantitative estimate of drug-likeness (QED) is 0.360. The molecule has 0 bridgehead atoms. The molecule has 0 saturated carbocycles. The van der Waals surface area contributed by atoms with Crippen molar-refractivity contribution in [2.45, 2.75) is 0 Å². The Bertz CT molecular complexity index is 37.9. The third-order valence-corrected chi connectivity index (χ3v) is 0. The zero-order chi connectivity index (χ0) is 4.71. The molecule has 11 heavy (non-hydrogen) atoms. The maximum Gasteiger partial charge on any atom is 0.152 e. The van der Waals surface area contributed by atoms with Gasteiger partial charge in [-0.3, -0.25) is 0 Å². The molecule has 0 fully saturated rings. The summed E-state index contributed by atoms with van der Waals surface area (Å²) in [7, 11) is 0. The Kier molecular flexibility index (Phi) is 68200. The predicted molar refractivity (Wildman–Crippen MR) is 36.4 cm³/mol. The van der Waals surface area contributed by atoms with Gasteiger partial charge in [-0.15, -0.1) is 4.91 Å². The molecule has 0 aliphatic heterocycles. The average Bonchev–Trinajstić information content (AvgIpc) is 1.46. The maximum atomic E-state index is 8.11. The number of nitrogens with zero attached hydrogens (tertiary/aromatic N) is 2. The molecule has 77 valence electrons. The molecule has 10 nitrogen and oxygen atoms in total. The topological polar surface area (TPSA) is 261 Å². The van der Waals surface area contributed by atoms with E-state index in [4.69, 9.17) is 20.3 Å². The Morgan fingerprint density at radius 1 is 1.00 bits per heavy atom. The molecule has 0 aromatic heterocycles. The monoisotopic (exact) mass is 216 g/mol. The first-order chi connectivity index (χ1) is 2.41. The van der Waals surface area contributed by atoms with Crippen LogP contribution in [0.2, 0.25) is 0 Å². The van der Waals surface area contributed by atoms with Crippen LogP contribution in [0, 0.1) is 10.4 Å². The Morgan fingerprint density at radius 3 is 1.00 bits per heavy atom. The minimum absolute atomic E-state index is 0. The molecule has 0 rings (SSSR count). The summed E-state index contributed by atoms with van der Waals surface area (Å²) in [6, 6.07) is 0. The first kappa shape index (κ1) is 162. The number of hydrogen-bond acceptors (Lipinski definition) is 3. The number of nitrogens with two attached hydrogens (primary N) is 5. The van der Waals surface area contributed by atoms with Gasteiger partial charge < -0.3 is 36.0 Å². The van der Waals surface area contributed by atoms with Gasteiger partial charge in [0.2, 0.25) is 0 Å². The van der Waals surface area contributed by atoms with E-state index in [-0.39, 0.29) is 47.5 Å². The smallest absolute Gasteiger partial charge is 0.152 e. The molecule has 1 radical (unpaired) electrons. The van der Waals surface area contributed by atoms with Crippen LogP contribution in [-0.2, 0) is 21.6 Å². The summed E-state index contributed by atoms with van der Waals surface area (Å²) in [5, 5.41) is 7.89. The Hall–Kier alpha value is -0.624. The van der Waals surface area contributed by atoms with Crippen LogP contribution in [0.1, 0.15) is 0 Å². The van der Waals surface area contributed by atoms with Crippen molar-refractivity contribution >= 4 is 0 Å². The summed E-state index contributed by atoms with van der Waals surface area (Å²) < 4.78 is 7.25. The van der Waals surface area contributed by atoms with Crippen molar-refractivity contribution in [2.75, 3.05) is 0 Å². The molecule has 0 aromatic carbocycles. The van der Waals surface area contributed by atoms with E-state index in [1.807, 2.05) is 0 Å². The van der Waals surface area contributed by atoms with Crippen molar-refractivity contribution in [3.63, 3.8) is 0 Å². The summed E-state index contributed by atoms with van der Waals surface area (Å²) in [6.45, 7) is 0. The summed E-state index contributed by atoms with van der Waals surface area (Å²) in [4.78, 5) is 8.11. The van der Waals surface area contributed by atoms with Crippen LogP contribution in [0.25, 0.3) is 30.8 Å². The van der Waals surface area contributed by atoms with Gasteiger partial charge in [0.1, 0.15) is 0 Å². The fourth-order valence-electron chi connectivity index (χ4n) is 0. The summed E-state index contributed by atoms with van der Waals surface area (Å²) in [6.07, 6.45) is 0. The first-order valence-corrected chi connectivity index (χ1v) is 0.565. The second kappa shape index (κ2) is 4640. The van der Waals surface area contributed by atoms with Gasteiger partial charge in [0.15, 0.2) is 5.34 Å². The second-order valence-corrected chi connectivity index (χ2v) is 0.0816. The van der Waals surface area contributed by atoms with Crippen molar-refractivity contribution in [1.82, 2.24) is 0 Å². The minimum Gasteiger partial charge on any atom is -0.693 e. The van der Waals surface area contributed by atoms with Gasteiger partial charge in [0.25, 0.3) is 0 Å². The molecule has 0 spiro atoms. The van der Waals surface area contributed by atoms with E-state index in [0.717, 1.165) is 0 Å². The standard InChI is InChI=1S/Co.HNO2.NO.5H2N/c;2-1-3;1-2;;;;;/h;(H,2,3);;5*1H2/q;;+1;5*-1. The van der Waals surface area contributed by atoms with E-state index in [1.165, 1.54) is 5.34 Å². The maximum absolute atomic E-state index is 8.11. The molecule has 0 aliphatic rings. The van der Waals surface area contributed by atoms with Gasteiger partial charge in [-0.2, -0.15) is 0 Å². The van der Waals surface area contributed by atoms with Crippen molar-refractivity contribution in [2.24, 2.45) is 5.34 Å². The zero-order valence-corrected chi connectivity index (χ0v) is 6.42. The Balaban J connectivity index is -0.00000000181. The molecular weight excluding hydrogens is 205 g/mol. The molecular formula is H11CoN7O3-4. The SMILES string of the molecule is N#[O+].O=NO.[Co].[NH2-].[NH2-].[NH2-].[NH2-].[NH2-]. The molecule has 11 heteroatoms. The van der Waals surface area contributed by atoms with Crippen LogP contribution >= 0.6 is 0 Å². The van der Waals surface area contributed by atoms with E-state index in [9.17, 15) is 0 Å². The number of hydrogen-bond donors (Lipinski definition) is 1. The third kappa shape index (κ3) is 1310. The van der Waals surface area contributed by atoms with E-state index >= 15 is 0 Å². The second-order valence-electron chi connectivity index (χ2n) is 0.0816. The van der Waals surface area contributed by atoms with Crippen molar-refractivity contribution < 1.29 is 26.8 Å². The van der Waals surface area contributed by atoms with Gasteiger partial charge in [-0.1, -0.05) is 0 Å². The normalized spacial score (nSPS) is 1.27. The Morgan fingerprint density at radius 2 is 1.00 bits per heavy atom. The molecule has 0 saturated heterocycles. The molecule has 0 heterocycles. The van der Waals surface area contributed by atoms with E-state index < -0.39 is 0 Å². The van der Waals surface area contributed by atoms with Crippen molar-refractivity contribution in [1.29, 1.82) is 5.46 Å². The number of rotatable bonds is 0. The zero-order valence-electron chi connectivity index (χ0n) is 5.38. The van der Waals surface area contributed by atoms with Crippen LogP contribution in [0.4, 0.5) is 0 Å². The van der Waals surface area contributed by atoms with Crippen molar-refractivity contribution in [3.8, 4) is 0 Å². The van der Waals surface area contributed by atoms with Crippen LogP contribution in [0.15, 0.2) is 5.34 Å². The molecule has 11 N–H and O–H groups in total. The van der Waals surface area contributed by atoms with E-state index in [0.29, 0.717) is 0 Å². The van der Waals surface area contributed by atoms with Gasteiger partial charge in [0, 0.05) is 16.8 Å². The third-order valence-electron chi connectivity index (χ3n) is 0. The van der Waals surface area contributed by atoms with Crippen LogP contribution in [0.3, 0.4) is 0 Å². The molecule has 0 aromatic rings. The fourth-order valence-corrected chi connectivity index (χ4v) is 0. The van der Waals surface area contributed by atoms with Crippen LogP contribution in [-0.4, -0.2) is 5.21 Å². The van der Waals surface area contributed by atoms with Gasteiger partial charge in [-0.25, -0.2) is 0 Å². The molecule has 0 atom stereocenters. The molecule has 0 amide bonds. The van der Waals surface area contributed by atoms with Gasteiger partial charge in [-0.05, 0) is 0 Å². The van der Waals surface area contributed by atoms with Gasteiger partial charge in [0.05, 0.1) is 0 Å². The summed E-state index contributed by atoms with van der Waals surface area (Å²) in [5.41, 5.74) is 5.75. The molecule has 0 aliphatic carbocycles.